The Balaban J connectivity index is 1.18. The van der Waals surface area contributed by atoms with Gasteiger partial charge in [-0.3, -0.25) is 4.79 Å². The summed E-state index contributed by atoms with van der Waals surface area (Å²) in [5, 5.41) is 32.6. The summed E-state index contributed by atoms with van der Waals surface area (Å²) in [6.45, 7) is 18.7. The van der Waals surface area contributed by atoms with Gasteiger partial charge in [-0.05, 0) is 70.6 Å². The van der Waals surface area contributed by atoms with Crippen molar-refractivity contribution < 1.29 is 53.3 Å². The van der Waals surface area contributed by atoms with Gasteiger partial charge in [0.2, 0.25) is 0 Å². The zero-order valence-corrected chi connectivity index (χ0v) is 37.3. The Morgan fingerprint density at radius 1 is 0.895 bits per heavy atom. The Morgan fingerprint density at radius 3 is 2.23 bits per heavy atom. The number of carbonyl (C=O) groups excluding carboxylic acids is 1. The third-order valence-corrected chi connectivity index (χ3v) is 15.3. The molecule has 0 radical (unpaired) electrons. The maximum atomic E-state index is 13.3. The van der Waals surface area contributed by atoms with Crippen LogP contribution in [0.4, 0.5) is 0 Å². The topological polar surface area (TPSA) is 142 Å². The Bertz CT molecular complexity index is 1270. The number of unbranched alkanes of at least 4 members (excludes halogenated alkanes) is 7. The number of aliphatic hydroxyl groups is 3. The van der Waals surface area contributed by atoms with Gasteiger partial charge in [-0.2, -0.15) is 0 Å². The number of methoxy groups -OCH3 is 1. The molecular formula is C46H82O11. The molecule has 0 aromatic carbocycles. The van der Waals surface area contributed by atoms with Crippen molar-refractivity contribution in [2.24, 2.45) is 35.5 Å². The normalized spacial score (nSPS) is 44.0. The first kappa shape index (κ1) is 47.2. The van der Waals surface area contributed by atoms with Crippen molar-refractivity contribution in [3.05, 3.63) is 0 Å². The molecule has 11 heteroatoms. The van der Waals surface area contributed by atoms with Crippen LogP contribution in [0.25, 0.3) is 0 Å². The molecular weight excluding hydrogens is 728 g/mol. The second kappa shape index (κ2) is 19.9. The number of esters is 1. The average Bonchev–Trinajstić information content (AvgIpc) is 3.90. The van der Waals surface area contributed by atoms with Gasteiger partial charge in [-0.25, -0.2) is 0 Å². The van der Waals surface area contributed by atoms with Gasteiger partial charge in [-0.1, -0.05) is 93.4 Å². The minimum Gasteiger partial charge on any atom is -0.465 e. The highest BCUT2D eigenvalue weighted by molar-refractivity contribution is 5.72. The first-order valence-corrected chi connectivity index (χ1v) is 23.1. The van der Waals surface area contributed by atoms with Crippen LogP contribution >= 0.6 is 0 Å². The summed E-state index contributed by atoms with van der Waals surface area (Å²) >= 11 is 0. The molecule has 1 spiro atoms. The zero-order valence-electron chi connectivity index (χ0n) is 37.3. The minimum absolute atomic E-state index is 0.146. The van der Waals surface area contributed by atoms with E-state index in [1.807, 2.05) is 27.7 Å². The van der Waals surface area contributed by atoms with Crippen LogP contribution < -0.4 is 0 Å². The van der Waals surface area contributed by atoms with Gasteiger partial charge in [0.25, 0.3) is 0 Å². The number of rotatable bonds is 19. The molecule has 17 atom stereocenters. The molecule has 5 aliphatic rings. The molecule has 5 rings (SSSR count). The molecule has 5 heterocycles. The quantitative estimate of drug-likeness (QED) is 0.0867. The number of ether oxygens (including phenoxy) is 7. The SMILES string of the molecule is CCCCCCCCCCOC(=O)C(C)C(OC)C(C)C1OC2(CCC(C)(C3CCC(CC)(C4OC(C5OC(O)(CO)C(C)CC5C)CC4C)O3)O2)CC(O)C1C. The third kappa shape index (κ3) is 10.3. The highest BCUT2D eigenvalue weighted by atomic mass is 16.7. The van der Waals surface area contributed by atoms with Gasteiger partial charge >= 0.3 is 5.97 Å². The maximum absolute atomic E-state index is 13.3. The molecule has 11 nitrogen and oxygen atoms in total. The lowest BCUT2D eigenvalue weighted by atomic mass is 9.78. The van der Waals surface area contributed by atoms with Crippen molar-refractivity contribution in [1.29, 1.82) is 0 Å². The molecule has 0 aromatic rings. The van der Waals surface area contributed by atoms with Crippen LogP contribution in [-0.2, 0) is 38.0 Å². The van der Waals surface area contributed by atoms with Gasteiger partial charge in [-0.15, -0.1) is 0 Å². The van der Waals surface area contributed by atoms with Crippen molar-refractivity contribution in [3.8, 4) is 0 Å². The van der Waals surface area contributed by atoms with E-state index in [1.165, 1.54) is 38.5 Å². The Morgan fingerprint density at radius 2 is 1.58 bits per heavy atom. The summed E-state index contributed by atoms with van der Waals surface area (Å²) in [5.41, 5.74) is -1.13. The van der Waals surface area contributed by atoms with Crippen LogP contribution in [0.2, 0.25) is 0 Å². The van der Waals surface area contributed by atoms with E-state index in [4.69, 9.17) is 33.2 Å². The number of aliphatic hydroxyl groups excluding tert-OH is 2. The third-order valence-electron chi connectivity index (χ3n) is 15.3. The molecule has 5 aliphatic heterocycles. The highest BCUT2D eigenvalue weighted by Gasteiger charge is 2.62. The lowest BCUT2D eigenvalue weighted by molar-refractivity contribution is -0.336. The maximum Gasteiger partial charge on any atom is 0.311 e. The molecule has 0 aromatic heterocycles. The average molecular weight is 811 g/mol. The van der Waals surface area contributed by atoms with E-state index in [2.05, 4.69) is 34.6 Å². The summed E-state index contributed by atoms with van der Waals surface area (Å²) in [7, 11) is 1.64. The fourth-order valence-electron chi connectivity index (χ4n) is 11.4. The second-order valence-corrected chi connectivity index (χ2v) is 19.6. The zero-order chi connectivity index (χ0) is 41.8. The number of hydrogen-bond donors (Lipinski definition) is 3. The molecule has 3 N–H and O–H groups in total. The summed E-state index contributed by atoms with van der Waals surface area (Å²) < 4.78 is 46.0. The van der Waals surface area contributed by atoms with E-state index in [0.717, 1.165) is 51.4 Å². The fourth-order valence-corrected chi connectivity index (χ4v) is 11.4. The van der Waals surface area contributed by atoms with Crippen LogP contribution in [0, 0.1) is 35.5 Å². The van der Waals surface area contributed by atoms with Crippen molar-refractivity contribution in [1.82, 2.24) is 0 Å². The number of hydrogen-bond acceptors (Lipinski definition) is 11. The molecule has 0 bridgehead atoms. The van der Waals surface area contributed by atoms with Crippen LogP contribution in [-0.4, -0.2) is 107 Å². The van der Waals surface area contributed by atoms with Gasteiger partial charge in [0, 0.05) is 37.7 Å². The predicted octanol–water partition coefficient (Wildman–Crippen LogP) is 7.87. The summed E-state index contributed by atoms with van der Waals surface area (Å²) in [6.07, 6.45) is 12.9. The van der Waals surface area contributed by atoms with E-state index in [9.17, 15) is 20.1 Å². The summed E-state index contributed by atoms with van der Waals surface area (Å²) in [5.74, 6) is -3.46. The van der Waals surface area contributed by atoms with Crippen LogP contribution in [0.1, 0.15) is 165 Å². The highest BCUT2D eigenvalue weighted by Crippen LogP contribution is 2.55. The molecule has 0 saturated carbocycles. The molecule has 0 aliphatic carbocycles. The Labute approximate surface area is 344 Å². The molecule has 332 valence electrons. The van der Waals surface area contributed by atoms with Crippen LogP contribution in [0.15, 0.2) is 0 Å². The van der Waals surface area contributed by atoms with E-state index < -0.39 is 53.6 Å². The van der Waals surface area contributed by atoms with E-state index in [-0.39, 0.29) is 60.0 Å². The van der Waals surface area contributed by atoms with Gasteiger partial charge in [0.1, 0.15) is 0 Å². The number of carbonyl (C=O) groups is 1. The Hall–Kier alpha value is -0.890. The minimum atomic E-state index is -1.56. The van der Waals surface area contributed by atoms with Crippen molar-refractivity contribution in [3.63, 3.8) is 0 Å². The van der Waals surface area contributed by atoms with Crippen molar-refractivity contribution in [2.75, 3.05) is 20.3 Å². The molecule has 0 amide bonds. The smallest absolute Gasteiger partial charge is 0.311 e. The van der Waals surface area contributed by atoms with Crippen molar-refractivity contribution >= 4 is 5.97 Å². The van der Waals surface area contributed by atoms with E-state index in [1.54, 1.807) is 7.11 Å². The van der Waals surface area contributed by atoms with Gasteiger partial charge < -0.3 is 48.5 Å². The fraction of sp³-hybridized carbons (Fsp3) is 0.978. The van der Waals surface area contributed by atoms with E-state index >= 15 is 0 Å². The van der Waals surface area contributed by atoms with Crippen LogP contribution in [0.5, 0.6) is 0 Å². The predicted molar refractivity (Wildman–Crippen MR) is 218 cm³/mol. The lowest BCUT2D eigenvalue weighted by Gasteiger charge is -2.49. The van der Waals surface area contributed by atoms with Gasteiger partial charge in [0.05, 0.1) is 73.1 Å². The van der Waals surface area contributed by atoms with Crippen molar-refractivity contribution in [2.45, 2.75) is 231 Å². The second-order valence-electron chi connectivity index (χ2n) is 19.6. The largest absolute Gasteiger partial charge is 0.465 e. The van der Waals surface area contributed by atoms with E-state index in [0.29, 0.717) is 19.4 Å². The monoisotopic (exact) mass is 811 g/mol. The molecule has 5 saturated heterocycles. The Kier molecular flexibility index (Phi) is 16.4. The molecule has 57 heavy (non-hydrogen) atoms. The first-order chi connectivity index (χ1) is 27.0. The standard InChI is InChI=1S/C46H82O11/c1-11-13-14-15-16-17-18-19-24-52-42(49)34(8)39(51-10)33(7)40-32(6)35(48)27-45(55-40)23-22-43(9,57-45)37-20-21-44(12-2,54-37)41-30(4)26-36(53-41)38-29(3)25-31(5)46(50,28-47)56-38/h29-41,47-48,50H,11-28H2,1-10H3. The molecule has 5 fully saturated rings. The summed E-state index contributed by atoms with van der Waals surface area (Å²) in [4.78, 5) is 13.3. The van der Waals surface area contributed by atoms with Crippen LogP contribution in [0.3, 0.4) is 0 Å². The lowest BCUT2D eigenvalue weighted by Crippen LogP contribution is -2.57. The first-order valence-electron chi connectivity index (χ1n) is 23.1. The molecule has 17 unspecified atom stereocenters. The summed E-state index contributed by atoms with van der Waals surface area (Å²) in [6, 6.07) is 0. The van der Waals surface area contributed by atoms with Gasteiger partial charge in [0.15, 0.2) is 11.6 Å².